The molecule has 2 aliphatic carbocycles. The summed E-state index contributed by atoms with van der Waals surface area (Å²) in [6, 6.07) is 0. The van der Waals surface area contributed by atoms with Crippen LogP contribution in [0.1, 0.15) is 25.7 Å². The first-order valence-electron chi connectivity index (χ1n) is 5.07. The van der Waals surface area contributed by atoms with Crippen LogP contribution in [0.3, 0.4) is 0 Å². The normalized spacial score (nSPS) is 31.8. The van der Waals surface area contributed by atoms with Gasteiger partial charge in [0.1, 0.15) is 6.17 Å². The molecule has 0 nitrogen and oxygen atoms in total. The minimum Gasteiger partial charge on any atom is -0.238 e. The molecule has 1 saturated carbocycles. The van der Waals surface area contributed by atoms with Crippen LogP contribution in [0.4, 0.5) is 4.39 Å². The van der Waals surface area contributed by atoms with Crippen LogP contribution in [-0.2, 0) is 0 Å². The maximum atomic E-state index is 13.3. The third-order valence-corrected chi connectivity index (χ3v) is 2.83. The molecule has 0 saturated heterocycles. The minimum atomic E-state index is -0.870. The van der Waals surface area contributed by atoms with Gasteiger partial charge in [-0.05, 0) is 30.4 Å². The maximum Gasteiger partial charge on any atom is 0.143 e. The van der Waals surface area contributed by atoms with Crippen LogP contribution in [0, 0.1) is 5.92 Å². The number of rotatable bonds is 1. The topological polar surface area (TPSA) is 0 Å². The zero-order valence-electron chi connectivity index (χ0n) is 7.75. The van der Waals surface area contributed by atoms with Crippen molar-refractivity contribution in [2.75, 3.05) is 0 Å². The molecular weight excluding hydrogens is 163 g/mol. The molecule has 0 bridgehead atoms. The van der Waals surface area contributed by atoms with Crippen LogP contribution in [0.15, 0.2) is 36.0 Å². The van der Waals surface area contributed by atoms with E-state index in [-0.39, 0.29) is 0 Å². The van der Waals surface area contributed by atoms with Gasteiger partial charge >= 0.3 is 0 Å². The second-order valence-electron chi connectivity index (χ2n) is 3.86. The summed E-state index contributed by atoms with van der Waals surface area (Å²) in [5.74, 6) is 0.629. The van der Waals surface area contributed by atoms with Crippen molar-refractivity contribution in [1.29, 1.82) is 0 Å². The lowest BCUT2D eigenvalue weighted by Gasteiger charge is -2.10. The lowest BCUT2D eigenvalue weighted by molar-refractivity contribution is 0.450. The molecule has 1 fully saturated rings. The van der Waals surface area contributed by atoms with E-state index < -0.39 is 6.17 Å². The van der Waals surface area contributed by atoms with E-state index in [2.05, 4.69) is 6.08 Å². The highest BCUT2D eigenvalue weighted by atomic mass is 19.1. The minimum absolute atomic E-state index is 0.629. The summed E-state index contributed by atoms with van der Waals surface area (Å²) < 4.78 is 13.3. The molecule has 0 aliphatic heterocycles. The summed E-state index contributed by atoms with van der Waals surface area (Å²) >= 11 is 0. The third kappa shape index (κ3) is 2.09. The average molecular weight is 178 g/mol. The molecule has 0 amide bonds. The quantitative estimate of drug-likeness (QED) is 0.576. The van der Waals surface area contributed by atoms with Crippen molar-refractivity contribution < 1.29 is 4.39 Å². The zero-order valence-corrected chi connectivity index (χ0v) is 7.75. The van der Waals surface area contributed by atoms with Gasteiger partial charge in [-0.3, -0.25) is 0 Å². The van der Waals surface area contributed by atoms with Gasteiger partial charge in [-0.2, -0.15) is 0 Å². The first-order valence-corrected chi connectivity index (χ1v) is 5.07. The Morgan fingerprint density at radius 3 is 2.69 bits per heavy atom. The number of hydrogen-bond donors (Lipinski definition) is 0. The number of alkyl halides is 1. The van der Waals surface area contributed by atoms with E-state index in [0.29, 0.717) is 5.92 Å². The molecule has 0 N–H and O–H groups in total. The van der Waals surface area contributed by atoms with Crippen LogP contribution in [-0.4, -0.2) is 6.17 Å². The average Bonchev–Trinajstić information content (AvgIpc) is 2.61. The van der Waals surface area contributed by atoms with E-state index in [1.807, 2.05) is 12.2 Å². The van der Waals surface area contributed by atoms with Crippen molar-refractivity contribution in [2.24, 2.45) is 5.92 Å². The van der Waals surface area contributed by atoms with Crippen LogP contribution in [0.5, 0.6) is 0 Å². The van der Waals surface area contributed by atoms with Gasteiger partial charge in [-0.1, -0.05) is 37.1 Å². The van der Waals surface area contributed by atoms with E-state index in [9.17, 15) is 4.39 Å². The van der Waals surface area contributed by atoms with Gasteiger partial charge in [0, 0.05) is 0 Å². The van der Waals surface area contributed by atoms with Gasteiger partial charge in [0.2, 0.25) is 0 Å². The Labute approximate surface area is 78.8 Å². The van der Waals surface area contributed by atoms with E-state index in [1.165, 1.54) is 25.7 Å². The number of allylic oxidation sites excluding steroid dienone is 6. The molecule has 0 aromatic rings. The fourth-order valence-corrected chi connectivity index (χ4v) is 2.08. The van der Waals surface area contributed by atoms with Crippen LogP contribution in [0.25, 0.3) is 0 Å². The van der Waals surface area contributed by atoms with Gasteiger partial charge in [0.05, 0.1) is 0 Å². The van der Waals surface area contributed by atoms with E-state index in [0.717, 1.165) is 5.57 Å². The Morgan fingerprint density at radius 2 is 2.00 bits per heavy atom. The van der Waals surface area contributed by atoms with Crippen LogP contribution >= 0.6 is 0 Å². The smallest absolute Gasteiger partial charge is 0.143 e. The molecule has 0 spiro atoms. The van der Waals surface area contributed by atoms with Crippen LogP contribution < -0.4 is 0 Å². The molecule has 1 heteroatoms. The van der Waals surface area contributed by atoms with E-state index >= 15 is 0 Å². The first-order chi connectivity index (χ1) is 6.36. The Morgan fingerprint density at radius 1 is 1.23 bits per heavy atom. The molecule has 0 heterocycles. The van der Waals surface area contributed by atoms with Gasteiger partial charge in [0.25, 0.3) is 0 Å². The molecule has 0 radical (unpaired) electrons. The fourth-order valence-electron chi connectivity index (χ4n) is 2.08. The van der Waals surface area contributed by atoms with Crippen molar-refractivity contribution in [2.45, 2.75) is 31.9 Å². The summed E-state index contributed by atoms with van der Waals surface area (Å²) in [7, 11) is 0. The van der Waals surface area contributed by atoms with E-state index in [4.69, 9.17) is 0 Å². The summed E-state index contributed by atoms with van der Waals surface area (Å²) in [6.07, 6.45) is 13.6. The Hall–Kier alpha value is -0.850. The van der Waals surface area contributed by atoms with Crippen molar-refractivity contribution in [3.8, 4) is 0 Å². The predicted molar refractivity (Wildman–Crippen MR) is 53.2 cm³/mol. The fraction of sp³-hybridized carbons (Fsp3) is 0.500. The molecule has 0 aromatic heterocycles. The molecular formula is C12H15F. The second kappa shape index (κ2) is 3.91. The largest absolute Gasteiger partial charge is 0.238 e. The van der Waals surface area contributed by atoms with Crippen molar-refractivity contribution in [3.63, 3.8) is 0 Å². The molecule has 13 heavy (non-hydrogen) atoms. The predicted octanol–water partition coefficient (Wildman–Crippen LogP) is 3.57. The van der Waals surface area contributed by atoms with Gasteiger partial charge in [-0.15, -0.1) is 0 Å². The van der Waals surface area contributed by atoms with Gasteiger partial charge in [-0.25, -0.2) is 4.39 Å². The Kier molecular flexibility index (Phi) is 2.62. The second-order valence-corrected chi connectivity index (χ2v) is 3.86. The van der Waals surface area contributed by atoms with Gasteiger partial charge < -0.3 is 0 Å². The van der Waals surface area contributed by atoms with Crippen LogP contribution in [0.2, 0.25) is 0 Å². The monoisotopic (exact) mass is 178 g/mol. The third-order valence-electron chi connectivity index (χ3n) is 2.83. The Balaban J connectivity index is 2.05. The Bertz CT molecular complexity index is 254. The van der Waals surface area contributed by atoms with E-state index in [1.54, 1.807) is 12.2 Å². The summed E-state index contributed by atoms with van der Waals surface area (Å²) in [4.78, 5) is 0. The maximum absolute atomic E-state index is 13.3. The summed E-state index contributed by atoms with van der Waals surface area (Å²) in [6.45, 7) is 0. The molecule has 1 unspecified atom stereocenters. The number of halogens is 1. The van der Waals surface area contributed by atoms with Crippen molar-refractivity contribution in [1.82, 2.24) is 0 Å². The summed E-state index contributed by atoms with van der Waals surface area (Å²) in [5, 5.41) is 0. The SMILES string of the molecule is FC1C=CC=C/C1=C\C1CCCC1. The van der Waals surface area contributed by atoms with Crippen molar-refractivity contribution in [3.05, 3.63) is 36.0 Å². The van der Waals surface area contributed by atoms with Crippen molar-refractivity contribution >= 4 is 0 Å². The molecule has 2 rings (SSSR count). The van der Waals surface area contributed by atoms with Gasteiger partial charge in [0.15, 0.2) is 0 Å². The highest BCUT2D eigenvalue weighted by Gasteiger charge is 2.16. The molecule has 0 aromatic carbocycles. The number of hydrogen-bond acceptors (Lipinski definition) is 0. The molecule has 70 valence electrons. The lowest BCUT2D eigenvalue weighted by Crippen LogP contribution is -2.03. The summed E-state index contributed by atoms with van der Waals surface area (Å²) in [5.41, 5.74) is 0.856. The highest BCUT2D eigenvalue weighted by Crippen LogP contribution is 2.28. The standard InChI is InChI=1S/C12H15F/c13-12-8-4-3-7-11(12)9-10-5-1-2-6-10/h3-4,7-10,12H,1-2,5-6H2/b11-9+. The lowest BCUT2D eigenvalue weighted by atomic mass is 9.99. The first kappa shape index (κ1) is 8.74. The highest BCUT2D eigenvalue weighted by molar-refractivity contribution is 5.34. The molecule has 2 aliphatic rings. The zero-order chi connectivity index (χ0) is 9.10. The molecule has 1 atom stereocenters.